The van der Waals surface area contributed by atoms with Gasteiger partial charge in [-0.3, -0.25) is 0 Å². The molecular formula is C16H23N3O. The number of rotatable bonds is 7. The molecule has 1 aromatic heterocycles. The van der Waals surface area contributed by atoms with Crippen LogP contribution in [0.2, 0.25) is 0 Å². The maximum atomic E-state index is 5.29. The van der Waals surface area contributed by atoms with Gasteiger partial charge < -0.3 is 15.0 Å². The molecule has 0 saturated heterocycles. The number of anilines is 1. The Labute approximate surface area is 120 Å². The van der Waals surface area contributed by atoms with E-state index in [0.717, 1.165) is 43.1 Å². The quantitative estimate of drug-likeness (QED) is 0.841. The number of aromatic nitrogens is 1. The second kappa shape index (κ2) is 7.10. The molecule has 0 saturated carbocycles. The fourth-order valence-corrected chi connectivity index (χ4v) is 2.29. The van der Waals surface area contributed by atoms with Crippen LogP contribution in [-0.4, -0.2) is 43.2 Å². The third kappa shape index (κ3) is 3.39. The Morgan fingerprint density at radius 1 is 1.20 bits per heavy atom. The molecule has 0 aliphatic carbocycles. The summed E-state index contributed by atoms with van der Waals surface area (Å²) in [5.41, 5.74) is 0. The van der Waals surface area contributed by atoms with E-state index in [2.05, 4.69) is 35.1 Å². The lowest BCUT2D eigenvalue weighted by Crippen LogP contribution is -2.28. The largest absolute Gasteiger partial charge is 0.497 e. The summed E-state index contributed by atoms with van der Waals surface area (Å²) in [5.74, 6) is 1.78. The molecule has 0 radical (unpaired) electrons. The number of nitrogens with zero attached hydrogens (tertiary/aromatic N) is 2. The summed E-state index contributed by atoms with van der Waals surface area (Å²) < 4.78 is 5.29. The van der Waals surface area contributed by atoms with Gasteiger partial charge in [-0.25, -0.2) is 4.98 Å². The van der Waals surface area contributed by atoms with Crippen molar-refractivity contribution in [2.24, 2.45) is 0 Å². The van der Waals surface area contributed by atoms with Crippen LogP contribution in [0, 0.1) is 0 Å². The van der Waals surface area contributed by atoms with Crippen LogP contribution in [0.3, 0.4) is 0 Å². The minimum atomic E-state index is 0.859. The van der Waals surface area contributed by atoms with E-state index in [1.807, 2.05) is 24.4 Å². The molecule has 1 aromatic carbocycles. The highest BCUT2D eigenvalue weighted by molar-refractivity contribution is 5.92. The Hall–Kier alpha value is -1.81. The first kappa shape index (κ1) is 14.6. The number of hydrogen-bond acceptors (Lipinski definition) is 4. The maximum absolute atomic E-state index is 5.29. The second-order valence-electron chi connectivity index (χ2n) is 4.70. The Morgan fingerprint density at radius 3 is 2.70 bits per heavy atom. The number of nitrogens with one attached hydrogen (secondary N) is 1. The van der Waals surface area contributed by atoms with E-state index in [0.29, 0.717) is 0 Å². The number of fused-ring (bicyclic) bond motifs is 1. The summed E-state index contributed by atoms with van der Waals surface area (Å²) in [6.07, 6.45) is 1.84. The van der Waals surface area contributed by atoms with Crippen molar-refractivity contribution in [3.63, 3.8) is 0 Å². The third-order valence-corrected chi connectivity index (χ3v) is 3.59. The molecule has 4 heteroatoms. The number of benzene rings is 1. The molecule has 0 bridgehead atoms. The highest BCUT2D eigenvalue weighted by Gasteiger charge is 2.04. The van der Waals surface area contributed by atoms with E-state index in [1.165, 1.54) is 5.39 Å². The number of methoxy groups -OCH3 is 1. The molecule has 20 heavy (non-hydrogen) atoms. The van der Waals surface area contributed by atoms with E-state index in [9.17, 15) is 0 Å². The number of hydrogen-bond donors (Lipinski definition) is 1. The van der Waals surface area contributed by atoms with E-state index in [-0.39, 0.29) is 0 Å². The standard InChI is InChI=1S/C16H23N3O/c1-4-19(5-2)11-10-18-16-15-12-14(20-3)7-6-13(15)8-9-17-16/h6-9,12H,4-5,10-11H2,1-3H3,(H,17,18). The normalized spacial score (nSPS) is 11.0. The monoisotopic (exact) mass is 273 g/mol. The van der Waals surface area contributed by atoms with Gasteiger partial charge in [0.25, 0.3) is 0 Å². The first-order valence-electron chi connectivity index (χ1n) is 7.17. The molecule has 0 unspecified atom stereocenters. The lowest BCUT2D eigenvalue weighted by Gasteiger charge is -2.18. The Balaban J connectivity index is 2.13. The van der Waals surface area contributed by atoms with Crippen molar-refractivity contribution in [2.75, 3.05) is 38.6 Å². The van der Waals surface area contributed by atoms with Gasteiger partial charge in [-0.15, -0.1) is 0 Å². The Kier molecular flexibility index (Phi) is 5.18. The van der Waals surface area contributed by atoms with Gasteiger partial charge in [0.15, 0.2) is 0 Å². The molecule has 4 nitrogen and oxygen atoms in total. The van der Waals surface area contributed by atoms with E-state index < -0.39 is 0 Å². The molecule has 1 heterocycles. The van der Waals surface area contributed by atoms with Crippen molar-refractivity contribution in [3.8, 4) is 5.75 Å². The predicted octanol–water partition coefficient (Wildman–Crippen LogP) is 3.00. The van der Waals surface area contributed by atoms with E-state index >= 15 is 0 Å². The van der Waals surface area contributed by atoms with Crippen molar-refractivity contribution in [2.45, 2.75) is 13.8 Å². The molecular weight excluding hydrogens is 250 g/mol. The topological polar surface area (TPSA) is 37.4 Å². The average molecular weight is 273 g/mol. The summed E-state index contributed by atoms with van der Waals surface area (Å²) in [4.78, 5) is 6.83. The van der Waals surface area contributed by atoms with Gasteiger partial charge in [0, 0.05) is 24.7 Å². The lowest BCUT2D eigenvalue weighted by molar-refractivity contribution is 0.316. The molecule has 0 aliphatic rings. The summed E-state index contributed by atoms with van der Waals surface area (Å²) >= 11 is 0. The first-order valence-corrected chi connectivity index (χ1v) is 7.17. The zero-order valence-corrected chi connectivity index (χ0v) is 12.5. The molecule has 0 aliphatic heterocycles. The molecule has 0 fully saturated rings. The van der Waals surface area contributed by atoms with Gasteiger partial charge in [0.2, 0.25) is 0 Å². The number of pyridine rings is 1. The highest BCUT2D eigenvalue weighted by Crippen LogP contribution is 2.25. The third-order valence-electron chi connectivity index (χ3n) is 3.59. The van der Waals surface area contributed by atoms with Crippen LogP contribution in [0.5, 0.6) is 5.75 Å². The molecule has 2 rings (SSSR count). The Morgan fingerprint density at radius 2 is 2.00 bits per heavy atom. The SMILES string of the molecule is CCN(CC)CCNc1nccc2ccc(OC)cc12. The molecule has 2 aromatic rings. The second-order valence-corrected chi connectivity index (χ2v) is 4.70. The number of likely N-dealkylation sites (N-methyl/N-ethyl adjacent to an activating group) is 1. The highest BCUT2D eigenvalue weighted by atomic mass is 16.5. The minimum absolute atomic E-state index is 0.859. The molecule has 108 valence electrons. The van der Waals surface area contributed by atoms with Crippen LogP contribution in [-0.2, 0) is 0 Å². The van der Waals surface area contributed by atoms with Crippen molar-refractivity contribution in [1.82, 2.24) is 9.88 Å². The average Bonchev–Trinajstić information content (AvgIpc) is 2.51. The van der Waals surface area contributed by atoms with Crippen LogP contribution >= 0.6 is 0 Å². The number of ether oxygens (including phenoxy) is 1. The van der Waals surface area contributed by atoms with Crippen LogP contribution in [0.4, 0.5) is 5.82 Å². The van der Waals surface area contributed by atoms with Gasteiger partial charge in [-0.1, -0.05) is 19.9 Å². The van der Waals surface area contributed by atoms with Crippen molar-refractivity contribution in [3.05, 3.63) is 30.5 Å². The van der Waals surface area contributed by atoms with Gasteiger partial charge in [-0.05, 0) is 36.7 Å². The fourth-order valence-electron chi connectivity index (χ4n) is 2.29. The van der Waals surface area contributed by atoms with Crippen LogP contribution in [0.25, 0.3) is 10.8 Å². The molecule has 1 N–H and O–H groups in total. The van der Waals surface area contributed by atoms with Crippen LogP contribution in [0.15, 0.2) is 30.5 Å². The van der Waals surface area contributed by atoms with E-state index in [1.54, 1.807) is 7.11 Å². The van der Waals surface area contributed by atoms with E-state index in [4.69, 9.17) is 4.74 Å². The summed E-state index contributed by atoms with van der Waals surface area (Å²) in [6, 6.07) is 8.08. The molecule has 0 atom stereocenters. The smallest absolute Gasteiger partial charge is 0.133 e. The zero-order valence-electron chi connectivity index (χ0n) is 12.5. The van der Waals surface area contributed by atoms with Gasteiger partial charge in [0.1, 0.15) is 11.6 Å². The lowest BCUT2D eigenvalue weighted by atomic mass is 10.1. The summed E-state index contributed by atoms with van der Waals surface area (Å²) in [7, 11) is 1.69. The van der Waals surface area contributed by atoms with Crippen LogP contribution in [0.1, 0.15) is 13.8 Å². The van der Waals surface area contributed by atoms with Crippen molar-refractivity contribution in [1.29, 1.82) is 0 Å². The summed E-state index contributed by atoms with van der Waals surface area (Å²) in [6.45, 7) is 8.44. The zero-order chi connectivity index (χ0) is 14.4. The molecule has 0 amide bonds. The van der Waals surface area contributed by atoms with Gasteiger partial charge >= 0.3 is 0 Å². The van der Waals surface area contributed by atoms with Crippen molar-refractivity contribution < 1.29 is 4.74 Å². The Bertz CT molecular complexity index is 552. The van der Waals surface area contributed by atoms with Crippen molar-refractivity contribution >= 4 is 16.6 Å². The maximum Gasteiger partial charge on any atom is 0.133 e. The summed E-state index contributed by atoms with van der Waals surface area (Å²) in [5, 5.41) is 5.71. The van der Waals surface area contributed by atoms with Gasteiger partial charge in [0.05, 0.1) is 7.11 Å². The molecule has 0 spiro atoms. The van der Waals surface area contributed by atoms with Gasteiger partial charge in [-0.2, -0.15) is 0 Å². The predicted molar refractivity (Wildman–Crippen MR) is 84.6 cm³/mol. The van der Waals surface area contributed by atoms with Crippen LogP contribution < -0.4 is 10.1 Å². The fraction of sp³-hybridized carbons (Fsp3) is 0.438. The first-order chi connectivity index (χ1) is 9.78. The minimum Gasteiger partial charge on any atom is -0.497 e.